The predicted octanol–water partition coefficient (Wildman–Crippen LogP) is 4.45. The highest BCUT2D eigenvalue weighted by atomic mass is 19.4. The Bertz CT molecular complexity index is 1120. The van der Waals surface area contributed by atoms with E-state index in [9.17, 15) is 27.9 Å². The Balaban J connectivity index is 1.31. The minimum atomic E-state index is -4.39. The summed E-state index contributed by atoms with van der Waals surface area (Å²) in [7, 11) is 0. The molecule has 2 saturated heterocycles. The van der Waals surface area contributed by atoms with Gasteiger partial charge in [-0.25, -0.2) is 20.1 Å². The zero-order valence-corrected chi connectivity index (χ0v) is 20.6. The van der Waals surface area contributed by atoms with Gasteiger partial charge in [-0.1, -0.05) is 12.1 Å². The molecule has 2 N–H and O–H groups in total. The summed E-state index contributed by atoms with van der Waals surface area (Å²) in [5.41, 5.74) is 2.93. The van der Waals surface area contributed by atoms with Crippen molar-refractivity contribution in [1.29, 1.82) is 0 Å². The fourth-order valence-electron chi connectivity index (χ4n) is 4.44. The van der Waals surface area contributed by atoms with E-state index in [4.69, 9.17) is 9.57 Å². The number of ether oxygens (including phenoxy) is 1. The Labute approximate surface area is 217 Å². The maximum atomic E-state index is 12.8. The second-order valence-electron chi connectivity index (χ2n) is 9.19. The number of halogens is 3. The number of hydrogen-bond donors (Lipinski definition) is 2. The third-order valence-corrected chi connectivity index (χ3v) is 6.38. The number of rotatable bonds is 8. The van der Waals surface area contributed by atoms with Gasteiger partial charge in [0.1, 0.15) is 5.82 Å². The van der Waals surface area contributed by atoms with Crippen LogP contribution in [0, 0.1) is 0 Å². The predicted molar refractivity (Wildman–Crippen MR) is 132 cm³/mol. The topological polar surface area (TPSA) is 104 Å². The van der Waals surface area contributed by atoms with Crippen LogP contribution in [0.4, 0.5) is 23.8 Å². The molecule has 0 radical (unpaired) electrons. The molecule has 2 aliphatic heterocycles. The van der Waals surface area contributed by atoms with Crippen molar-refractivity contribution in [2.75, 3.05) is 24.6 Å². The van der Waals surface area contributed by atoms with Gasteiger partial charge in [-0.2, -0.15) is 13.2 Å². The molecule has 1 unspecified atom stereocenters. The van der Waals surface area contributed by atoms with E-state index in [2.05, 4.69) is 10.5 Å². The molecule has 2 aliphatic rings. The molecule has 0 spiro atoms. The highest BCUT2D eigenvalue weighted by Crippen LogP contribution is 2.30. The van der Waals surface area contributed by atoms with Gasteiger partial charge in [0, 0.05) is 44.9 Å². The van der Waals surface area contributed by atoms with Crippen molar-refractivity contribution >= 4 is 23.9 Å². The third-order valence-electron chi connectivity index (χ3n) is 6.38. The quantitative estimate of drug-likeness (QED) is 0.381. The van der Waals surface area contributed by atoms with Crippen molar-refractivity contribution < 1.29 is 37.4 Å². The number of hydrogen-bond acceptors (Lipinski definition) is 6. The van der Waals surface area contributed by atoms with Crippen LogP contribution in [0.25, 0.3) is 6.08 Å². The van der Waals surface area contributed by atoms with E-state index >= 15 is 0 Å². The Morgan fingerprint density at radius 3 is 2.61 bits per heavy atom. The second-order valence-corrected chi connectivity index (χ2v) is 9.19. The fraction of sp³-hybridized carbons (Fsp3) is 0.423. The normalized spacial score (nSPS) is 20.5. The fourth-order valence-corrected chi connectivity index (χ4v) is 4.44. The molecule has 1 aromatic heterocycles. The molecule has 38 heavy (non-hydrogen) atoms. The molecule has 2 atom stereocenters. The van der Waals surface area contributed by atoms with Crippen LogP contribution in [0.5, 0.6) is 0 Å². The molecule has 0 aliphatic carbocycles. The van der Waals surface area contributed by atoms with Crippen LogP contribution in [0.15, 0.2) is 48.7 Å². The molecule has 2 aromatic rings. The highest BCUT2D eigenvalue weighted by molar-refractivity contribution is 5.91. The summed E-state index contributed by atoms with van der Waals surface area (Å²) >= 11 is 0. The van der Waals surface area contributed by atoms with Crippen LogP contribution in [-0.2, 0) is 27.1 Å². The molecule has 2 fully saturated rings. The number of carbonyl (C=O) groups is 2. The number of aromatic nitrogens is 1. The summed E-state index contributed by atoms with van der Waals surface area (Å²) in [5, 5.41) is 9.85. The maximum Gasteiger partial charge on any atom is 0.416 e. The van der Waals surface area contributed by atoms with E-state index in [0.717, 1.165) is 30.5 Å². The number of nitrogens with zero attached hydrogens (tertiary/aromatic N) is 3. The lowest BCUT2D eigenvalue weighted by molar-refractivity contribution is -0.198. The third kappa shape index (κ3) is 7.53. The van der Waals surface area contributed by atoms with Gasteiger partial charge in [0.2, 0.25) is 0 Å². The molecular formula is C26H29F3N4O5. The van der Waals surface area contributed by atoms with Gasteiger partial charge >= 0.3 is 12.3 Å². The standard InChI is InChI=1S/C26H29F3N4O5/c27-26(28,29)20-8-4-19(5-9-20)16-32-13-12-21(17-32)33(25(35)36)22-10-6-18(15-30-22)7-11-23(34)31-38-24-3-1-2-14-37-24/h4-11,15,21,24H,1-3,12-14,16-17H2,(H,31,34)(H,35,36)/b11-7+/t21-,24?/m1/s1. The van der Waals surface area contributed by atoms with E-state index in [-0.39, 0.29) is 11.9 Å². The van der Waals surface area contributed by atoms with E-state index in [0.29, 0.717) is 44.6 Å². The van der Waals surface area contributed by atoms with Crippen molar-refractivity contribution in [2.45, 2.75) is 50.7 Å². The number of anilines is 1. The summed E-state index contributed by atoms with van der Waals surface area (Å²) < 4.78 is 43.8. The smallest absolute Gasteiger partial charge is 0.416 e. The Morgan fingerprint density at radius 1 is 1.18 bits per heavy atom. The van der Waals surface area contributed by atoms with Gasteiger partial charge in [0.15, 0.2) is 6.29 Å². The zero-order valence-electron chi connectivity index (χ0n) is 20.6. The second kappa shape index (κ2) is 12.4. The van der Waals surface area contributed by atoms with Crippen molar-refractivity contribution in [2.24, 2.45) is 0 Å². The number of nitrogens with one attached hydrogen (secondary N) is 1. The van der Waals surface area contributed by atoms with Crippen LogP contribution < -0.4 is 10.4 Å². The first-order valence-electron chi connectivity index (χ1n) is 12.3. The highest BCUT2D eigenvalue weighted by Gasteiger charge is 2.33. The number of benzene rings is 1. The van der Waals surface area contributed by atoms with Crippen LogP contribution in [0.1, 0.15) is 42.4 Å². The molecule has 4 rings (SSSR count). The number of carbonyl (C=O) groups excluding carboxylic acids is 1. The lowest BCUT2D eigenvalue weighted by Gasteiger charge is -2.25. The van der Waals surface area contributed by atoms with Gasteiger partial charge in [-0.05, 0) is 60.7 Å². The average molecular weight is 535 g/mol. The molecule has 9 nitrogen and oxygen atoms in total. The Morgan fingerprint density at radius 2 is 1.97 bits per heavy atom. The lowest BCUT2D eigenvalue weighted by atomic mass is 10.1. The summed E-state index contributed by atoms with van der Waals surface area (Å²) in [6, 6.07) is 7.84. The molecular weight excluding hydrogens is 505 g/mol. The van der Waals surface area contributed by atoms with Crippen LogP contribution in [0.2, 0.25) is 0 Å². The van der Waals surface area contributed by atoms with E-state index in [1.165, 1.54) is 35.4 Å². The number of likely N-dealkylation sites (tertiary alicyclic amines) is 1. The summed E-state index contributed by atoms with van der Waals surface area (Å²) in [6.45, 7) is 2.03. The molecule has 0 saturated carbocycles. The Kier molecular flexibility index (Phi) is 8.97. The first-order chi connectivity index (χ1) is 18.2. The first-order valence-corrected chi connectivity index (χ1v) is 12.3. The number of hydroxylamine groups is 1. The summed E-state index contributed by atoms with van der Waals surface area (Å²) in [6.07, 6.45) is 1.50. The van der Waals surface area contributed by atoms with Gasteiger partial charge in [-0.15, -0.1) is 0 Å². The Hall–Kier alpha value is -3.48. The largest absolute Gasteiger partial charge is 0.465 e. The van der Waals surface area contributed by atoms with Crippen molar-refractivity contribution in [3.63, 3.8) is 0 Å². The number of carboxylic acid groups (broad SMARTS) is 1. The zero-order chi connectivity index (χ0) is 27.1. The summed E-state index contributed by atoms with van der Waals surface area (Å²) in [4.78, 5) is 36.7. The van der Waals surface area contributed by atoms with E-state index in [1.807, 2.05) is 4.90 Å². The minimum absolute atomic E-state index is 0.248. The molecule has 204 valence electrons. The van der Waals surface area contributed by atoms with Crippen LogP contribution >= 0.6 is 0 Å². The SMILES string of the molecule is O=C(/C=C/c1ccc(N(C(=O)O)[C@@H]2CCN(Cc3ccc(C(F)(F)F)cc3)C2)nc1)NOC1CCCCO1. The number of amides is 2. The van der Waals surface area contributed by atoms with Crippen LogP contribution in [0.3, 0.4) is 0 Å². The molecule has 1 aromatic carbocycles. The van der Waals surface area contributed by atoms with Gasteiger partial charge in [-0.3, -0.25) is 14.6 Å². The molecule has 2 amide bonds. The van der Waals surface area contributed by atoms with Crippen molar-refractivity contribution in [3.05, 3.63) is 65.4 Å². The monoisotopic (exact) mass is 534 g/mol. The van der Waals surface area contributed by atoms with Gasteiger partial charge in [0.25, 0.3) is 5.91 Å². The molecule has 12 heteroatoms. The van der Waals surface area contributed by atoms with Crippen molar-refractivity contribution in [1.82, 2.24) is 15.4 Å². The molecule has 0 bridgehead atoms. The van der Waals surface area contributed by atoms with Crippen molar-refractivity contribution in [3.8, 4) is 0 Å². The van der Waals surface area contributed by atoms with Gasteiger partial charge in [0.05, 0.1) is 11.6 Å². The molecule has 3 heterocycles. The van der Waals surface area contributed by atoms with Crippen LogP contribution in [-0.4, -0.2) is 59.0 Å². The lowest BCUT2D eigenvalue weighted by Crippen LogP contribution is -2.41. The minimum Gasteiger partial charge on any atom is -0.465 e. The average Bonchev–Trinajstić information content (AvgIpc) is 3.35. The number of pyridine rings is 1. The maximum absolute atomic E-state index is 12.8. The van der Waals surface area contributed by atoms with E-state index < -0.39 is 30.0 Å². The first kappa shape index (κ1) is 27.6. The van der Waals surface area contributed by atoms with E-state index in [1.54, 1.807) is 12.1 Å². The van der Waals surface area contributed by atoms with Gasteiger partial charge < -0.3 is 9.84 Å². The number of alkyl halides is 3. The summed E-state index contributed by atoms with van der Waals surface area (Å²) in [5.74, 6) is -0.215.